The van der Waals surface area contributed by atoms with E-state index < -0.39 is 27.9 Å². The van der Waals surface area contributed by atoms with Gasteiger partial charge in [0.15, 0.2) is 0 Å². The van der Waals surface area contributed by atoms with E-state index in [1.54, 1.807) is 36.4 Å². The van der Waals surface area contributed by atoms with Gasteiger partial charge in [0.25, 0.3) is 5.91 Å². The topological polar surface area (TPSA) is 104 Å². The third-order valence-electron chi connectivity index (χ3n) is 4.31. The second-order valence-electron chi connectivity index (χ2n) is 6.60. The van der Waals surface area contributed by atoms with Crippen LogP contribution < -0.4 is 5.32 Å². The molecule has 0 heterocycles. The first-order valence-corrected chi connectivity index (χ1v) is 10.4. The van der Waals surface area contributed by atoms with E-state index in [0.717, 1.165) is 11.1 Å². The van der Waals surface area contributed by atoms with E-state index in [-0.39, 0.29) is 12.2 Å². The fourth-order valence-electron chi connectivity index (χ4n) is 2.54. The van der Waals surface area contributed by atoms with Crippen molar-refractivity contribution in [1.82, 2.24) is 9.62 Å². The zero-order valence-electron chi connectivity index (χ0n) is 15.8. The Labute approximate surface area is 165 Å². The number of amides is 1. The molecular formula is C20H24N2O5S. The van der Waals surface area contributed by atoms with Gasteiger partial charge in [-0.15, -0.1) is 0 Å². The Bertz CT molecular complexity index is 909. The molecule has 1 amide bonds. The Hall–Kier alpha value is -2.71. The Morgan fingerprint density at radius 2 is 1.61 bits per heavy atom. The van der Waals surface area contributed by atoms with Crippen LogP contribution in [-0.2, 0) is 27.7 Å². The van der Waals surface area contributed by atoms with Crippen molar-refractivity contribution >= 4 is 21.9 Å². The maximum Gasteiger partial charge on any atom is 0.326 e. The summed E-state index contributed by atoms with van der Waals surface area (Å²) < 4.78 is 24.8. The van der Waals surface area contributed by atoms with Crippen molar-refractivity contribution in [3.63, 3.8) is 0 Å². The molecule has 8 heteroatoms. The van der Waals surface area contributed by atoms with E-state index in [1.807, 2.05) is 18.2 Å². The number of carbonyl (C=O) groups is 2. The van der Waals surface area contributed by atoms with Gasteiger partial charge in [0, 0.05) is 26.1 Å². The molecule has 0 aliphatic rings. The molecule has 0 saturated carbocycles. The molecule has 0 saturated heterocycles. The van der Waals surface area contributed by atoms with Crippen LogP contribution in [0.2, 0.25) is 0 Å². The van der Waals surface area contributed by atoms with Crippen LogP contribution in [0.1, 0.15) is 21.5 Å². The summed E-state index contributed by atoms with van der Waals surface area (Å²) in [5.74, 6) is -1.62. The molecule has 2 rings (SSSR count). The highest BCUT2D eigenvalue weighted by atomic mass is 32.2. The number of aliphatic carboxylic acids is 1. The SMILES string of the molecule is CN(C)S(=O)(=O)CCc1ccc(C(=O)N[C@@H](Cc2ccccc2)C(=O)O)cc1. The molecule has 0 aromatic heterocycles. The number of carbonyl (C=O) groups excluding carboxylic acids is 1. The van der Waals surface area contributed by atoms with Crippen molar-refractivity contribution < 1.29 is 23.1 Å². The van der Waals surface area contributed by atoms with Gasteiger partial charge in [-0.1, -0.05) is 42.5 Å². The minimum atomic E-state index is -3.29. The standard InChI is InChI=1S/C20H24N2O5S/c1-22(2)28(26,27)13-12-15-8-10-17(11-9-15)19(23)21-18(20(24)25)14-16-6-4-3-5-7-16/h3-11,18H,12-14H2,1-2H3,(H,21,23)(H,24,25)/t18-/m0/s1. The molecule has 2 aromatic carbocycles. The summed E-state index contributed by atoms with van der Waals surface area (Å²) in [6.07, 6.45) is 0.510. The highest BCUT2D eigenvalue weighted by Gasteiger charge is 2.21. The van der Waals surface area contributed by atoms with E-state index in [9.17, 15) is 23.1 Å². The molecule has 0 aliphatic carbocycles. The molecule has 7 nitrogen and oxygen atoms in total. The van der Waals surface area contributed by atoms with Gasteiger partial charge >= 0.3 is 5.97 Å². The maximum absolute atomic E-state index is 12.4. The van der Waals surface area contributed by atoms with Gasteiger partial charge in [0.05, 0.1) is 5.75 Å². The van der Waals surface area contributed by atoms with Crippen molar-refractivity contribution in [3.8, 4) is 0 Å². The number of hydrogen-bond donors (Lipinski definition) is 2. The summed E-state index contributed by atoms with van der Waals surface area (Å²) in [4.78, 5) is 23.9. The molecule has 150 valence electrons. The highest BCUT2D eigenvalue weighted by Crippen LogP contribution is 2.09. The number of carboxylic acid groups (broad SMARTS) is 1. The summed E-state index contributed by atoms with van der Waals surface area (Å²) in [6.45, 7) is 0. The minimum absolute atomic E-state index is 0.0241. The quantitative estimate of drug-likeness (QED) is 0.660. The normalized spacial score (nSPS) is 12.5. The van der Waals surface area contributed by atoms with Gasteiger partial charge in [0.1, 0.15) is 6.04 Å². The van der Waals surface area contributed by atoms with E-state index >= 15 is 0 Å². The Balaban J connectivity index is 2.00. The van der Waals surface area contributed by atoms with Gasteiger partial charge in [0.2, 0.25) is 10.0 Å². The summed E-state index contributed by atoms with van der Waals surface area (Å²) in [5.41, 5.74) is 1.91. The largest absolute Gasteiger partial charge is 0.480 e. The fourth-order valence-corrected chi connectivity index (χ4v) is 3.40. The number of rotatable bonds is 9. The Kier molecular flexibility index (Phi) is 7.31. The monoisotopic (exact) mass is 404 g/mol. The summed E-state index contributed by atoms with van der Waals surface area (Å²) >= 11 is 0. The van der Waals surface area contributed by atoms with Gasteiger partial charge in [-0.05, 0) is 29.7 Å². The number of nitrogens with zero attached hydrogens (tertiary/aromatic N) is 1. The summed E-state index contributed by atoms with van der Waals surface area (Å²) in [7, 11) is -0.323. The number of carboxylic acids is 1. The molecule has 0 fully saturated rings. The van der Waals surface area contributed by atoms with Crippen LogP contribution in [0.15, 0.2) is 54.6 Å². The highest BCUT2D eigenvalue weighted by molar-refractivity contribution is 7.89. The lowest BCUT2D eigenvalue weighted by atomic mass is 10.0. The van der Waals surface area contributed by atoms with Gasteiger partial charge < -0.3 is 10.4 Å². The van der Waals surface area contributed by atoms with Crippen molar-refractivity contribution in [3.05, 3.63) is 71.3 Å². The molecule has 0 spiro atoms. The van der Waals surface area contributed by atoms with E-state index in [4.69, 9.17) is 0 Å². The summed E-state index contributed by atoms with van der Waals surface area (Å²) in [6, 6.07) is 14.5. The van der Waals surface area contributed by atoms with Crippen LogP contribution in [0.25, 0.3) is 0 Å². The van der Waals surface area contributed by atoms with Crippen molar-refractivity contribution in [2.75, 3.05) is 19.8 Å². The van der Waals surface area contributed by atoms with E-state index in [2.05, 4.69) is 5.32 Å². The van der Waals surface area contributed by atoms with Crippen molar-refractivity contribution in [2.45, 2.75) is 18.9 Å². The second kappa shape index (κ2) is 9.48. The molecular weight excluding hydrogens is 380 g/mol. The molecule has 0 bridgehead atoms. The van der Waals surface area contributed by atoms with Gasteiger partial charge in [-0.25, -0.2) is 17.5 Å². The predicted octanol–water partition coefficient (Wildman–Crippen LogP) is 1.55. The second-order valence-corrected chi connectivity index (χ2v) is 8.90. The lowest BCUT2D eigenvalue weighted by molar-refractivity contribution is -0.139. The fraction of sp³-hybridized carbons (Fsp3) is 0.300. The first kappa shape index (κ1) is 21.6. The number of aryl methyl sites for hydroxylation is 1. The third kappa shape index (κ3) is 6.17. The number of benzene rings is 2. The Morgan fingerprint density at radius 1 is 1.00 bits per heavy atom. The van der Waals surface area contributed by atoms with E-state index in [0.29, 0.717) is 12.0 Å². The molecule has 28 heavy (non-hydrogen) atoms. The molecule has 2 aromatic rings. The zero-order valence-corrected chi connectivity index (χ0v) is 16.6. The zero-order chi connectivity index (χ0) is 20.7. The number of hydrogen-bond acceptors (Lipinski definition) is 4. The van der Waals surface area contributed by atoms with Crippen LogP contribution in [0.4, 0.5) is 0 Å². The summed E-state index contributed by atoms with van der Waals surface area (Å²) in [5, 5.41) is 11.9. The first-order valence-electron chi connectivity index (χ1n) is 8.76. The van der Waals surface area contributed by atoms with E-state index in [1.165, 1.54) is 18.4 Å². The lowest BCUT2D eigenvalue weighted by Crippen LogP contribution is -2.42. The van der Waals surface area contributed by atoms with Crippen LogP contribution in [0, 0.1) is 0 Å². The van der Waals surface area contributed by atoms with Crippen LogP contribution >= 0.6 is 0 Å². The number of nitrogens with one attached hydrogen (secondary N) is 1. The van der Waals surface area contributed by atoms with Crippen molar-refractivity contribution in [2.24, 2.45) is 0 Å². The maximum atomic E-state index is 12.4. The lowest BCUT2D eigenvalue weighted by Gasteiger charge is -2.15. The average Bonchev–Trinajstić information content (AvgIpc) is 2.67. The Morgan fingerprint density at radius 3 is 2.14 bits per heavy atom. The first-order chi connectivity index (χ1) is 13.2. The van der Waals surface area contributed by atoms with Crippen LogP contribution in [-0.4, -0.2) is 55.6 Å². The average molecular weight is 404 g/mol. The number of sulfonamides is 1. The smallest absolute Gasteiger partial charge is 0.326 e. The van der Waals surface area contributed by atoms with Crippen molar-refractivity contribution in [1.29, 1.82) is 0 Å². The minimum Gasteiger partial charge on any atom is -0.480 e. The third-order valence-corrected chi connectivity index (χ3v) is 6.14. The molecule has 0 radical (unpaired) electrons. The molecule has 0 unspecified atom stereocenters. The van der Waals surface area contributed by atoms with Crippen LogP contribution in [0.5, 0.6) is 0 Å². The molecule has 1 atom stereocenters. The molecule has 2 N–H and O–H groups in total. The van der Waals surface area contributed by atoms with Gasteiger partial charge in [-0.2, -0.15) is 0 Å². The van der Waals surface area contributed by atoms with Gasteiger partial charge in [-0.3, -0.25) is 4.79 Å². The molecule has 0 aliphatic heterocycles. The van der Waals surface area contributed by atoms with Crippen LogP contribution in [0.3, 0.4) is 0 Å². The predicted molar refractivity (Wildman–Crippen MR) is 107 cm³/mol.